The first kappa shape index (κ1) is 13.7. The number of para-hydroxylation sites is 2. The number of benzene rings is 1. The largest absolute Gasteiger partial charge is 0.323 e. The van der Waals surface area contributed by atoms with E-state index in [2.05, 4.69) is 25.2 Å². The zero-order valence-electron chi connectivity index (χ0n) is 12.0. The summed E-state index contributed by atoms with van der Waals surface area (Å²) in [4.78, 5) is 21.6. The Labute approximate surface area is 125 Å². The smallest absolute Gasteiger partial charge is 0.266 e. The monoisotopic (exact) mass is 292 g/mol. The number of fused-ring (bicyclic) bond motifs is 1. The van der Waals surface area contributed by atoms with Crippen molar-refractivity contribution in [2.45, 2.75) is 13.8 Å². The quantitative estimate of drug-likeness (QED) is 0.708. The molecule has 3 rings (SSSR count). The normalized spacial score (nSPS) is 11.1. The molecule has 0 aliphatic carbocycles. The average Bonchev–Trinajstić information content (AvgIpc) is 2.89. The van der Waals surface area contributed by atoms with Crippen LogP contribution >= 0.6 is 0 Å². The van der Waals surface area contributed by atoms with Crippen molar-refractivity contribution < 1.29 is 0 Å². The summed E-state index contributed by atoms with van der Waals surface area (Å²) in [6.07, 6.45) is 0. The lowest BCUT2D eigenvalue weighted by Crippen LogP contribution is -2.13. The molecule has 0 saturated heterocycles. The highest BCUT2D eigenvalue weighted by Crippen LogP contribution is 2.25. The third-order valence-electron chi connectivity index (χ3n) is 3.35. The summed E-state index contributed by atoms with van der Waals surface area (Å²) in [5.74, 6) is 0.365. The van der Waals surface area contributed by atoms with Gasteiger partial charge in [0.15, 0.2) is 0 Å². The fourth-order valence-corrected chi connectivity index (χ4v) is 2.23. The van der Waals surface area contributed by atoms with Crippen LogP contribution in [-0.2, 0) is 0 Å². The third kappa shape index (κ3) is 2.27. The fraction of sp³-hybridized carbons (Fsp3) is 0.133. The van der Waals surface area contributed by atoms with E-state index in [1.807, 2.05) is 30.3 Å². The highest BCUT2D eigenvalue weighted by atomic mass is 16.1. The summed E-state index contributed by atoms with van der Waals surface area (Å²) in [6.45, 7) is 3.39. The van der Waals surface area contributed by atoms with Gasteiger partial charge in [-0.25, -0.2) is 4.98 Å². The first-order valence-corrected chi connectivity index (χ1v) is 6.60. The van der Waals surface area contributed by atoms with Crippen LogP contribution in [0.3, 0.4) is 0 Å². The minimum Gasteiger partial charge on any atom is -0.323 e. The molecular weight excluding hydrogens is 280 g/mol. The molecule has 0 spiro atoms. The van der Waals surface area contributed by atoms with Crippen molar-refractivity contribution in [3.05, 3.63) is 51.4 Å². The molecule has 7 nitrogen and oxygen atoms in total. The number of hydrogen-bond donors (Lipinski definition) is 2. The SMILES string of the molecule is Cc1[nH]c(=O)c(C#N)c(C)c1N=Nc1nc2ccccc2[nH]1. The first-order chi connectivity index (χ1) is 10.6. The zero-order chi connectivity index (χ0) is 15.7. The molecule has 108 valence electrons. The number of nitrogens with one attached hydrogen (secondary N) is 2. The van der Waals surface area contributed by atoms with Crippen LogP contribution in [0.5, 0.6) is 0 Å². The minimum absolute atomic E-state index is 0.0455. The van der Waals surface area contributed by atoms with Gasteiger partial charge in [-0.1, -0.05) is 12.1 Å². The molecule has 3 aromatic rings. The van der Waals surface area contributed by atoms with Crippen molar-refractivity contribution in [2.24, 2.45) is 10.2 Å². The molecule has 7 heteroatoms. The van der Waals surface area contributed by atoms with Gasteiger partial charge in [-0.15, -0.1) is 10.2 Å². The maximum absolute atomic E-state index is 11.7. The van der Waals surface area contributed by atoms with Crippen molar-refractivity contribution in [2.75, 3.05) is 0 Å². The summed E-state index contributed by atoms with van der Waals surface area (Å²) >= 11 is 0. The lowest BCUT2D eigenvalue weighted by Gasteiger charge is -2.04. The fourth-order valence-electron chi connectivity index (χ4n) is 2.23. The lowest BCUT2D eigenvalue weighted by atomic mass is 10.1. The number of hydrogen-bond acceptors (Lipinski definition) is 5. The average molecular weight is 292 g/mol. The Kier molecular flexibility index (Phi) is 3.27. The van der Waals surface area contributed by atoms with Gasteiger partial charge in [0.2, 0.25) is 5.95 Å². The van der Waals surface area contributed by atoms with Gasteiger partial charge < -0.3 is 9.97 Å². The van der Waals surface area contributed by atoms with Crippen molar-refractivity contribution in [3.63, 3.8) is 0 Å². The number of aryl methyl sites for hydroxylation is 1. The second-order valence-electron chi connectivity index (χ2n) is 4.82. The van der Waals surface area contributed by atoms with Crippen LogP contribution in [0.15, 0.2) is 39.3 Å². The van der Waals surface area contributed by atoms with Gasteiger partial charge in [0.05, 0.1) is 11.0 Å². The number of azo groups is 1. The number of imidazole rings is 1. The molecule has 0 saturated carbocycles. The highest BCUT2D eigenvalue weighted by molar-refractivity contribution is 5.76. The predicted octanol–water partition coefficient (Wildman–Crippen LogP) is 3.16. The number of nitriles is 1. The molecule has 0 radical (unpaired) electrons. The van der Waals surface area contributed by atoms with Crippen LogP contribution < -0.4 is 5.56 Å². The van der Waals surface area contributed by atoms with E-state index in [1.165, 1.54) is 0 Å². The van der Waals surface area contributed by atoms with Gasteiger partial charge in [-0.05, 0) is 26.0 Å². The molecule has 0 aliphatic rings. The second kappa shape index (κ2) is 5.26. The van der Waals surface area contributed by atoms with Gasteiger partial charge in [-0.2, -0.15) is 5.26 Å². The van der Waals surface area contributed by atoms with E-state index in [-0.39, 0.29) is 5.56 Å². The van der Waals surface area contributed by atoms with Gasteiger partial charge >= 0.3 is 0 Å². The summed E-state index contributed by atoms with van der Waals surface area (Å²) in [5, 5.41) is 17.2. The van der Waals surface area contributed by atoms with Crippen LogP contribution in [-0.4, -0.2) is 15.0 Å². The molecule has 2 aromatic heterocycles. The van der Waals surface area contributed by atoms with E-state index >= 15 is 0 Å². The summed E-state index contributed by atoms with van der Waals surface area (Å²) in [6, 6.07) is 9.43. The highest BCUT2D eigenvalue weighted by Gasteiger charge is 2.11. The molecule has 0 amide bonds. The number of aromatic amines is 2. The number of rotatable bonds is 2. The Morgan fingerprint density at radius 1 is 1.18 bits per heavy atom. The standard InChI is InChI=1S/C15H12N6O/c1-8-10(7-16)14(22)17-9(2)13(8)20-21-15-18-11-5-3-4-6-12(11)19-15/h3-6H,1-2H3,(H,17,22)(H,18,19). The van der Waals surface area contributed by atoms with Gasteiger partial charge in [-0.3, -0.25) is 4.79 Å². The molecule has 0 bridgehead atoms. The number of pyridine rings is 1. The second-order valence-corrected chi connectivity index (χ2v) is 4.82. The first-order valence-electron chi connectivity index (χ1n) is 6.60. The molecule has 0 unspecified atom stereocenters. The van der Waals surface area contributed by atoms with Crippen LogP contribution in [0.25, 0.3) is 11.0 Å². The van der Waals surface area contributed by atoms with E-state index in [4.69, 9.17) is 5.26 Å². The van der Waals surface area contributed by atoms with Crippen LogP contribution in [0.4, 0.5) is 11.6 Å². The van der Waals surface area contributed by atoms with E-state index in [1.54, 1.807) is 13.8 Å². The molecule has 2 heterocycles. The molecule has 2 N–H and O–H groups in total. The lowest BCUT2D eigenvalue weighted by molar-refractivity contribution is 1.05. The maximum Gasteiger partial charge on any atom is 0.266 e. The molecule has 0 aliphatic heterocycles. The summed E-state index contributed by atoms with van der Waals surface area (Å²) in [7, 11) is 0. The molecule has 0 fully saturated rings. The van der Waals surface area contributed by atoms with Gasteiger partial charge in [0.25, 0.3) is 5.56 Å². The Balaban J connectivity index is 2.06. The maximum atomic E-state index is 11.7. The Morgan fingerprint density at radius 2 is 1.95 bits per heavy atom. The van der Waals surface area contributed by atoms with E-state index in [0.717, 1.165) is 11.0 Å². The Hall–Kier alpha value is -3.27. The van der Waals surface area contributed by atoms with E-state index < -0.39 is 5.56 Å². The van der Waals surface area contributed by atoms with E-state index in [0.29, 0.717) is 22.9 Å². The Bertz CT molecular complexity index is 956. The van der Waals surface area contributed by atoms with Crippen LogP contribution in [0.2, 0.25) is 0 Å². The zero-order valence-corrected chi connectivity index (χ0v) is 12.0. The third-order valence-corrected chi connectivity index (χ3v) is 3.35. The van der Waals surface area contributed by atoms with Crippen molar-refractivity contribution >= 4 is 22.7 Å². The van der Waals surface area contributed by atoms with E-state index in [9.17, 15) is 4.79 Å². The minimum atomic E-state index is -0.416. The molecular formula is C15H12N6O. The van der Waals surface area contributed by atoms with Crippen LogP contribution in [0.1, 0.15) is 16.8 Å². The molecule has 0 atom stereocenters. The van der Waals surface area contributed by atoms with Crippen molar-refractivity contribution in [1.29, 1.82) is 5.26 Å². The van der Waals surface area contributed by atoms with Crippen molar-refractivity contribution in [3.8, 4) is 6.07 Å². The van der Waals surface area contributed by atoms with Crippen LogP contribution in [0, 0.1) is 25.2 Å². The van der Waals surface area contributed by atoms with Gasteiger partial charge in [0, 0.05) is 11.3 Å². The Morgan fingerprint density at radius 3 is 2.68 bits per heavy atom. The molecule has 1 aromatic carbocycles. The predicted molar refractivity (Wildman–Crippen MR) is 81.5 cm³/mol. The molecule has 22 heavy (non-hydrogen) atoms. The number of H-pyrrole nitrogens is 2. The summed E-state index contributed by atoms with van der Waals surface area (Å²) in [5.41, 5.74) is 2.82. The topological polar surface area (TPSA) is 110 Å². The summed E-state index contributed by atoms with van der Waals surface area (Å²) < 4.78 is 0. The number of nitrogens with zero attached hydrogens (tertiary/aromatic N) is 4. The van der Waals surface area contributed by atoms with Gasteiger partial charge in [0.1, 0.15) is 17.3 Å². The van der Waals surface area contributed by atoms with Crippen molar-refractivity contribution in [1.82, 2.24) is 15.0 Å². The number of aromatic nitrogens is 3.